The number of likely N-dealkylation sites (tertiary alicyclic amines) is 1. The summed E-state index contributed by atoms with van der Waals surface area (Å²) < 4.78 is 27.6. The topological polar surface area (TPSA) is 52.7 Å². The van der Waals surface area contributed by atoms with E-state index in [4.69, 9.17) is 0 Å². The first-order chi connectivity index (χ1) is 9.42. The van der Waals surface area contributed by atoms with Crippen molar-refractivity contribution >= 4 is 21.5 Å². The van der Waals surface area contributed by atoms with Gasteiger partial charge in [-0.15, -0.1) is 11.3 Å². The van der Waals surface area contributed by atoms with E-state index in [1.165, 1.54) is 9.18 Å². The summed E-state index contributed by atoms with van der Waals surface area (Å²) in [6, 6.07) is 4.52. The molecule has 1 saturated heterocycles. The molecular formula is C13H23N3O2S2. The largest absolute Gasteiger partial charge is 0.298 e. The summed E-state index contributed by atoms with van der Waals surface area (Å²) in [6.07, 6.45) is 2.18. The van der Waals surface area contributed by atoms with Crippen LogP contribution in [0.2, 0.25) is 0 Å². The van der Waals surface area contributed by atoms with Crippen LogP contribution in [-0.4, -0.2) is 51.9 Å². The van der Waals surface area contributed by atoms with E-state index >= 15 is 0 Å². The van der Waals surface area contributed by atoms with Crippen LogP contribution in [0.15, 0.2) is 17.5 Å². The second kappa shape index (κ2) is 6.53. The van der Waals surface area contributed by atoms with E-state index in [1.807, 2.05) is 0 Å². The van der Waals surface area contributed by atoms with Gasteiger partial charge in [-0.1, -0.05) is 6.07 Å². The first-order valence-corrected chi connectivity index (χ1v) is 9.14. The molecule has 2 heterocycles. The summed E-state index contributed by atoms with van der Waals surface area (Å²) in [5.74, 6) is 0.321. The minimum Gasteiger partial charge on any atom is -0.298 e. The Morgan fingerprint density at radius 1 is 1.50 bits per heavy atom. The molecule has 20 heavy (non-hydrogen) atoms. The van der Waals surface area contributed by atoms with Crippen molar-refractivity contribution in [3.05, 3.63) is 22.4 Å². The Bertz CT molecular complexity index is 514. The lowest BCUT2D eigenvalue weighted by Gasteiger charge is -2.39. The molecule has 0 saturated carbocycles. The lowest BCUT2D eigenvalue weighted by Crippen LogP contribution is -2.44. The van der Waals surface area contributed by atoms with Crippen LogP contribution in [0.5, 0.6) is 0 Å². The molecule has 2 atom stereocenters. The molecule has 5 nitrogen and oxygen atoms in total. The van der Waals surface area contributed by atoms with Gasteiger partial charge in [-0.2, -0.15) is 12.7 Å². The molecule has 0 spiro atoms. The predicted octanol–water partition coefficient (Wildman–Crippen LogP) is 1.53. The average molecular weight is 317 g/mol. The lowest BCUT2D eigenvalue weighted by molar-refractivity contribution is 0.125. The van der Waals surface area contributed by atoms with Crippen molar-refractivity contribution in [2.45, 2.75) is 18.9 Å². The van der Waals surface area contributed by atoms with Crippen molar-refractivity contribution in [2.24, 2.45) is 5.92 Å². The van der Waals surface area contributed by atoms with Gasteiger partial charge in [-0.25, -0.2) is 4.72 Å². The van der Waals surface area contributed by atoms with Crippen LogP contribution < -0.4 is 4.72 Å². The normalized spacial score (nSPS) is 25.2. The van der Waals surface area contributed by atoms with E-state index in [9.17, 15) is 8.42 Å². The summed E-state index contributed by atoms with van der Waals surface area (Å²) in [5, 5.41) is 2.08. The third-order valence-electron chi connectivity index (χ3n) is 3.85. The summed E-state index contributed by atoms with van der Waals surface area (Å²) >= 11 is 1.75. The standard InChI is InChI=1S/C13H23N3O2S2/c1-15(2)20(17,18)14-10-11-6-4-8-16(3)13(11)12-7-5-9-19-12/h5,7,9,11,13-14H,4,6,8,10H2,1-3H3/t11-,13-/m1/s1. The highest BCUT2D eigenvalue weighted by Crippen LogP contribution is 2.36. The molecule has 0 aromatic carbocycles. The Morgan fingerprint density at radius 3 is 2.85 bits per heavy atom. The van der Waals surface area contributed by atoms with Gasteiger partial charge in [0.15, 0.2) is 0 Å². The number of hydrogen-bond donors (Lipinski definition) is 1. The second-order valence-electron chi connectivity index (χ2n) is 5.48. The lowest BCUT2D eigenvalue weighted by atomic mass is 9.88. The number of thiophene rings is 1. The van der Waals surface area contributed by atoms with Gasteiger partial charge in [-0.3, -0.25) is 4.90 Å². The van der Waals surface area contributed by atoms with Crippen LogP contribution in [0, 0.1) is 5.92 Å². The molecule has 114 valence electrons. The van der Waals surface area contributed by atoms with Crippen molar-refractivity contribution in [2.75, 3.05) is 34.2 Å². The SMILES string of the molecule is CN1CCC[C@H](CNS(=O)(=O)N(C)C)[C@@H]1c1cccs1. The first kappa shape index (κ1) is 15.9. The van der Waals surface area contributed by atoms with Crippen LogP contribution in [0.25, 0.3) is 0 Å². The quantitative estimate of drug-likeness (QED) is 0.896. The molecule has 1 aliphatic heterocycles. The van der Waals surface area contributed by atoms with Gasteiger partial charge < -0.3 is 0 Å². The first-order valence-electron chi connectivity index (χ1n) is 6.82. The molecule has 0 amide bonds. The number of hydrogen-bond acceptors (Lipinski definition) is 4. The molecular weight excluding hydrogens is 294 g/mol. The third-order valence-corrected chi connectivity index (χ3v) is 6.29. The smallest absolute Gasteiger partial charge is 0.278 e. The summed E-state index contributed by atoms with van der Waals surface area (Å²) in [6.45, 7) is 1.56. The molecule has 0 unspecified atom stereocenters. The van der Waals surface area contributed by atoms with Gasteiger partial charge in [-0.05, 0) is 43.8 Å². The van der Waals surface area contributed by atoms with Crippen molar-refractivity contribution in [1.82, 2.24) is 13.9 Å². The number of rotatable bonds is 5. The van der Waals surface area contributed by atoms with Crippen LogP contribution in [0.4, 0.5) is 0 Å². The molecule has 7 heteroatoms. The summed E-state index contributed by atoms with van der Waals surface area (Å²) in [7, 11) is 1.88. The van der Waals surface area contributed by atoms with Crippen molar-refractivity contribution in [3.8, 4) is 0 Å². The maximum Gasteiger partial charge on any atom is 0.278 e. The minimum atomic E-state index is -3.34. The van der Waals surface area contributed by atoms with E-state index in [0.29, 0.717) is 18.5 Å². The maximum atomic E-state index is 11.9. The summed E-state index contributed by atoms with van der Waals surface area (Å²) in [5.41, 5.74) is 0. The van der Waals surface area contributed by atoms with E-state index in [2.05, 4.69) is 34.2 Å². The van der Waals surface area contributed by atoms with Gasteiger partial charge >= 0.3 is 0 Å². The fraction of sp³-hybridized carbons (Fsp3) is 0.692. The van der Waals surface area contributed by atoms with Crippen LogP contribution >= 0.6 is 11.3 Å². The molecule has 1 N–H and O–H groups in total. The number of nitrogens with one attached hydrogen (secondary N) is 1. The molecule has 0 radical (unpaired) electrons. The van der Waals surface area contributed by atoms with Crippen molar-refractivity contribution in [3.63, 3.8) is 0 Å². The van der Waals surface area contributed by atoms with E-state index in [0.717, 1.165) is 19.4 Å². The Morgan fingerprint density at radius 2 is 2.25 bits per heavy atom. The number of piperidine rings is 1. The van der Waals surface area contributed by atoms with Crippen LogP contribution in [0.3, 0.4) is 0 Å². The molecule has 1 aromatic rings. The maximum absolute atomic E-state index is 11.9. The molecule has 1 aliphatic rings. The summed E-state index contributed by atoms with van der Waals surface area (Å²) in [4.78, 5) is 3.66. The van der Waals surface area contributed by atoms with Crippen LogP contribution in [-0.2, 0) is 10.2 Å². The van der Waals surface area contributed by atoms with Gasteiger partial charge in [0.05, 0.1) is 0 Å². The molecule has 1 aromatic heterocycles. The number of nitrogens with zero attached hydrogens (tertiary/aromatic N) is 2. The van der Waals surface area contributed by atoms with Gasteiger partial charge in [0.2, 0.25) is 0 Å². The Hall–Kier alpha value is -0.470. The average Bonchev–Trinajstić information content (AvgIpc) is 2.89. The highest BCUT2D eigenvalue weighted by molar-refractivity contribution is 7.87. The zero-order valence-corrected chi connectivity index (χ0v) is 13.9. The van der Waals surface area contributed by atoms with Gasteiger partial charge in [0.1, 0.15) is 0 Å². The van der Waals surface area contributed by atoms with Gasteiger partial charge in [0, 0.05) is 31.6 Å². The van der Waals surface area contributed by atoms with E-state index in [1.54, 1.807) is 25.4 Å². The van der Waals surface area contributed by atoms with Crippen molar-refractivity contribution < 1.29 is 8.42 Å². The fourth-order valence-electron chi connectivity index (χ4n) is 2.72. The monoisotopic (exact) mass is 317 g/mol. The predicted molar refractivity (Wildman–Crippen MR) is 83.0 cm³/mol. The highest BCUT2D eigenvalue weighted by atomic mass is 32.2. The Kier molecular flexibility index (Phi) is 5.19. The minimum absolute atomic E-state index is 0.314. The van der Waals surface area contributed by atoms with Crippen molar-refractivity contribution in [1.29, 1.82) is 0 Å². The molecule has 0 bridgehead atoms. The Balaban J connectivity index is 2.08. The molecule has 1 fully saturated rings. The zero-order valence-electron chi connectivity index (χ0n) is 12.2. The highest BCUT2D eigenvalue weighted by Gasteiger charge is 2.32. The van der Waals surface area contributed by atoms with Crippen LogP contribution in [0.1, 0.15) is 23.8 Å². The third kappa shape index (κ3) is 3.59. The second-order valence-corrected chi connectivity index (χ2v) is 8.43. The Labute approximate surface area is 125 Å². The van der Waals surface area contributed by atoms with E-state index < -0.39 is 10.2 Å². The van der Waals surface area contributed by atoms with E-state index in [-0.39, 0.29) is 0 Å². The molecule has 2 rings (SSSR count). The van der Waals surface area contributed by atoms with Gasteiger partial charge in [0.25, 0.3) is 10.2 Å². The zero-order chi connectivity index (χ0) is 14.8. The molecule has 0 aliphatic carbocycles. The fourth-order valence-corrected chi connectivity index (χ4v) is 4.39.